The van der Waals surface area contributed by atoms with Gasteiger partial charge < -0.3 is 15.1 Å². The maximum absolute atomic E-state index is 11.8. The Balaban J connectivity index is 1.59. The van der Waals surface area contributed by atoms with E-state index < -0.39 is 0 Å². The number of rotatable bonds is 6. The van der Waals surface area contributed by atoms with Gasteiger partial charge in [0, 0.05) is 25.7 Å². The second kappa shape index (κ2) is 6.02. The van der Waals surface area contributed by atoms with Crippen molar-refractivity contribution in [2.24, 2.45) is 5.92 Å². The zero-order chi connectivity index (χ0) is 13.1. The van der Waals surface area contributed by atoms with Gasteiger partial charge in [-0.3, -0.25) is 4.79 Å². The Labute approximate surface area is 111 Å². The van der Waals surface area contributed by atoms with E-state index in [1.807, 2.05) is 20.9 Å². The highest BCUT2D eigenvalue weighted by atomic mass is 16.2. The van der Waals surface area contributed by atoms with Gasteiger partial charge in [0.2, 0.25) is 5.91 Å². The summed E-state index contributed by atoms with van der Waals surface area (Å²) in [6.07, 6.45) is 4.09. The Hall–Kier alpha value is -0.610. The zero-order valence-corrected chi connectivity index (χ0v) is 12.0. The number of carbonyl (C=O) groups is 1. The summed E-state index contributed by atoms with van der Waals surface area (Å²) in [5, 5.41) is 3.32. The van der Waals surface area contributed by atoms with Crippen molar-refractivity contribution < 1.29 is 4.79 Å². The van der Waals surface area contributed by atoms with Crippen LogP contribution in [0.25, 0.3) is 0 Å². The molecule has 1 aliphatic carbocycles. The van der Waals surface area contributed by atoms with Crippen LogP contribution in [-0.2, 0) is 4.79 Å². The van der Waals surface area contributed by atoms with Gasteiger partial charge in [-0.1, -0.05) is 0 Å². The summed E-state index contributed by atoms with van der Waals surface area (Å²) in [6, 6.07) is 1.18. The second-order valence-corrected chi connectivity index (χ2v) is 6.11. The van der Waals surface area contributed by atoms with E-state index in [-0.39, 0.29) is 11.9 Å². The number of nitrogens with one attached hydrogen (secondary N) is 1. The van der Waals surface area contributed by atoms with Crippen LogP contribution in [0.15, 0.2) is 0 Å². The number of carbonyl (C=O) groups excluding carboxylic acids is 1. The quantitative estimate of drug-likeness (QED) is 0.765. The average Bonchev–Trinajstić information content (AvgIpc) is 3.08. The Morgan fingerprint density at radius 1 is 1.39 bits per heavy atom. The summed E-state index contributed by atoms with van der Waals surface area (Å²) in [7, 11) is 1.87. The van der Waals surface area contributed by atoms with Crippen LogP contribution in [0.4, 0.5) is 0 Å². The molecule has 0 radical (unpaired) electrons. The normalized spacial score (nSPS) is 24.8. The predicted octanol–water partition coefficient (Wildman–Crippen LogP) is 0.927. The van der Waals surface area contributed by atoms with E-state index in [0.717, 1.165) is 18.5 Å². The number of likely N-dealkylation sites (tertiary alicyclic amines) is 1. The van der Waals surface area contributed by atoms with Gasteiger partial charge in [0.25, 0.3) is 0 Å². The molecular weight excluding hydrogens is 226 g/mol. The molecule has 104 valence electrons. The van der Waals surface area contributed by atoms with Crippen LogP contribution in [0, 0.1) is 5.92 Å². The van der Waals surface area contributed by atoms with Crippen molar-refractivity contribution in [2.75, 3.05) is 33.2 Å². The third kappa shape index (κ3) is 3.69. The molecule has 1 saturated carbocycles. The Morgan fingerprint density at radius 2 is 2.11 bits per heavy atom. The molecule has 1 amide bonds. The Morgan fingerprint density at radius 3 is 2.72 bits per heavy atom. The summed E-state index contributed by atoms with van der Waals surface area (Å²) >= 11 is 0. The monoisotopic (exact) mass is 253 g/mol. The topological polar surface area (TPSA) is 35.6 Å². The van der Waals surface area contributed by atoms with E-state index in [1.165, 1.54) is 32.4 Å². The van der Waals surface area contributed by atoms with Crippen LogP contribution in [0.5, 0.6) is 0 Å². The zero-order valence-electron chi connectivity index (χ0n) is 12.0. The van der Waals surface area contributed by atoms with Crippen molar-refractivity contribution in [3.8, 4) is 0 Å². The largest absolute Gasteiger partial charge is 0.342 e. The van der Waals surface area contributed by atoms with Crippen LogP contribution in [0.3, 0.4) is 0 Å². The first-order valence-electron chi connectivity index (χ1n) is 7.28. The van der Waals surface area contributed by atoms with Crippen molar-refractivity contribution in [3.63, 3.8) is 0 Å². The summed E-state index contributed by atoms with van der Waals surface area (Å²) < 4.78 is 0. The number of amides is 1. The highest BCUT2D eigenvalue weighted by Gasteiger charge is 2.34. The third-order valence-electron chi connectivity index (χ3n) is 4.26. The minimum Gasteiger partial charge on any atom is -0.342 e. The molecule has 1 aliphatic heterocycles. The molecule has 0 aromatic heterocycles. The molecule has 18 heavy (non-hydrogen) atoms. The van der Waals surface area contributed by atoms with Crippen molar-refractivity contribution in [1.29, 1.82) is 0 Å². The van der Waals surface area contributed by atoms with Crippen LogP contribution < -0.4 is 5.32 Å². The maximum atomic E-state index is 11.8. The number of nitrogens with zero attached hydrogens (tertiary/aromatic N) is 2. The van der Waals surface area contributed by atoms with Crippen molar-refractivity contribution in [1.82, 2.24) is 15.1 Å². The highest BCUT2D eigenvalue weighted by molar-refractivity contribution is 5.78. The smallest absolute Gasteiger partial charge is 0.236 e. The summed E-state index contributed by atoms with van der Waals surface area (Å²) in [5.74, 6) is 0.935. The fourth-order valence-corrected chi connectivity index (χ4v) is 2.60. The number of hydrogen-bond donors (Lipinski definition) is 1. The molecular formula is C14H27N3O. The minimum atomic E-state index is 0.196. The molecule has 1 saturated heterocycles. The third-order valence-corrected chi connectivity index (χ3v) is 4.26. The molecule has 4 heteroatoms. The molecule has 0 aromatic rings. The lowest BCUT2D eigenvalue weighted by atomic mass is 10.1. The van der Waals surface area contributed by atoms with Gasteiger partial charge in [-0.05, 0) is 52.1 Å². The van der Waals surface area contributed by atoms with Gasteiger partial charge in [-0.25, -0.2) is 0 Å². The first kappa shape index (κ1) is 13.8. The van der Waals surface area contributed by atoms with Gasteiger partial charge in [-0.2, -0.15) is 0 Å². The average molecular weight is 253 g/mol. The van der Waals surface area contributed by atoms with Crippen LogP contribution in [-0.4, -0.2) is 61.0 Å². The Kier molecular flexibility index (Phi) is 4.62. The lowest BCUT2D eigenvalue weighted by Gasteiger charge is -2.22. The predicted molar refractivity (Wildman–Crippen MR) is 73.5 cm³/mol. The molecule has 1 unspecified atom stereocenters. The molecule has 0 spiro atoms. The first-order valence-corrected chi connectivity index (χ1v) is 7.28. The fourth-order valence-electron chi connectivity index (χ4n) is 2.60. The van der Waals surface area contributed by atoms with E-state index in [9.17, 15) is 4.79 Å². The van der Waals surface area contributed by atoms with Crippen molar-refractivity contribution in [2.45, 2.75) is 45.2 Å². The lowest BCUT2D eigenvalue weighted by molar-refractivity contribution is -0.130. The number of hydrogen-bond acceptors (Lipinski definition) is 3. The molecule has 2 rings (SSSR count). The lowest BCUT2D eigenvalue weighted by Crippen LogP contribution is -2.40. The minimum absolute atomic E-state index is 0.196. The fraction of sp³-hybridized carbons (Fsp3) is 0.929. The van der Waals surface area contributed by atoms with Crippen LogP contribution >= 0.6 is 0 Å². The van der Waals surface area contributed by atoms with Crippen LogP contribution in [0.1, 0.15) is 33.1 Å². The van der Waals surface area contributed by atoms with Gasteiger partial charge in [0.15, 0.2) is 0 Å². The van der Waals surface area contributed by atoms with Gasteiger partial charge >= 0.3 is 0 Å². The van der Waals surface area contributed by atoms with E-state index in [2.05, 4.69) is 10.2 Å². The summed E-state index contributed by atoms with van der Waals surface area (Å²) in [4.78, 5) is 16.2. The van der Waals surface area contributed by atoms with Crippen molar-refractivity contribution >= 4 is 5.91 Å². The molecule has 2 fully saturated rings. The maximum Gasteiger partial charge on any atom is 0.236 e. The molecule has 0 bridgehead atoms. The van der Waals surface area contributed by atoms with Gasteiger partial charge in [-0.15, -0.1) is 0 Å². The molecule has 1 heterocycles. The standard InChI is InChI=1S/C14H27N3O/c1-11(2)16(3)14(18)9-15-8-12-6-7-17(10-12)13-4-5-13/h11-13,15H,4-10H2,1-3H3. The van der Waals surface area contributed by atoms with E-state index >= 15 is 0 Å². The van der Waals surface area contributed by atoms with Gasteiger partial charge in [0.05, 0.1) is 6.54 Å². The summed E-state index contributed by atoms with van der Waals surface area (Å²) in [5.41, 5.74) is 0. The van der Waals surface area contributed by atoms with E-state index in [0.29, 0.717) is 6.54 Å². The number of likely N-dealkylation sites (N-methyl/N-ethyl adjacent to an activating group) is 1. The van der Waals surface area contributed by atoms with E-state index in [4.69, 9.17) is 0 Å². The molecule has 1 atom stereocenters. The first-order chi connectivity index (χ1) is 8.58. The Bertz CT molecular complexity index is 289. The van der Waals surface area contributed by atoms with Gasteiger partial charge in [0.1, 0.15) is 0 Å². The van der Waals surface area contributed by atoms with Crippen LogP contribution in [0.2, 0.25) is 0 Å². The molecule has 1 N–H and O–H groups in total. The summed E-state index contributed by atoms with van der Waals surface area (Å²) in [6.45, 7) is 8.04. The molecule has 4 nitrogen and oxygen atoms in total. The molecule has 2 aliphatic rings. The second-order valence-electron chi connectivity index (χ2n) is 6.11. The molecule has 0 aromatic carbocycles. The van der Waals surface area contributed by atoms with E-state index in [1.54, 1.807) is 4.90 Å². The van der Waals surface area contributed by atoms with Crippen molar-refractivity contribution in [3.05, 3.63) is 0 Å². The highest BCUT2D eigenvalue weighted by Crippen LogP contribution is 2.31. The SMILES string of the molecule is CC(C)N(C)C(=O)CNCC1CCN(C2CC2)C1.